The van der Waals surface area contributed by atoms with Crippen LogP contribution in [0.15, 0.2) is 18.2 Å². The summed E-state index contributed by atoms with van der Waals surface area (Å²) in [5.41, 5.74) is 8.08. The monoisotopic (exact) mass is 278 g/mol. The lowest BCUT2D eigenvalue weighted by atomic mass is 10.1. The van der Waals surface area contributed by atoms with E-state index in [-0.39, 0.29) is 0 Å². The maximum atomic E-state index is 5.72. The average Bonchev–Trinajstić information content (AvgIpc) is 2.46. The first-order valence-corrected chi connectivity index (χ1v) is 7.72. The van der Waals surface area contributed by atoms with Crippen LogP contribution in [0.2, 0.25) is 0 Å². The van der Waals surface area contributed by atoms with Crippen molar-refractivity contribution in [1.29, 1.82) is 0 Å². The van der Waals surface area contributed by atoms with Crippen LogP contribution < -0.4 is 10.5 Å². The van der Waals surface area contributed by atoms with E-state index in [0.29, 0.717) is 12.6 Å². The summed E-state index contributed by atoms with van der Waals surface area (Å²) >= 11 is 0. The first-order valence-electron chi connectivity index (χ1n) is 7.72. The van der Waals surface area contributed by atoms with Crippen molar-refractivity contribution >= 4 is 0 Å². The van der Waals surface area contributed by atoms with Crippen molar-refractivity contribution in [2.45, 2.75) is 59.2 Å². The third-order valence-corrected chi connectivity index (χ3v) is 3.74. The minimum atomic E-state index is 0.522. The number of hydrogen-bond donors (Lipinski definition) is 1. The van der Waals surface area contributed by atoms with Gasteiger partial charge in [0.1, 0.15) is 5.75 Å². The highest BCUT2D eigenvalue weighted by atomic mass is 16.5. The molecule has 0 amide bonds. The lowest BCUT2D eigenvalue weighted by molar-refractivity contribution is 0.208. The molecule has 1 rings (SSSR count). The van der Waals surface area contributed by atoms with Gasteiger partial charge in [-0.05, 0) is 38.4 Å². The van der Waals surface area contributed by atoms with Gasteiger partial charge in [-0.3, -0.25) is 4.90 Å². The molecule has 0 aliphatic rings. The van der Waals surface area contributed by atoms with Crippen LogP contribution in [0.1, 0.15) is 51.2 Å². The molecule has 20 heavy (non-hydrogen) atoms. The smallest absolute Gasteiger partial charge is 0.123 e. The first kappa shape index (κ1) is 17.0. The van der Waals surface area contributed by atoms with Crippen LogP contribution in [0.4, 0.5) is 0 Å². The van der Waals surface area contributed by atoms with Gasteiger partial charge >= 0.3 is 0 Å². The molecule has 3 nitrogen and oxygen atoms in total. The molecule has 0 fully saturated rings. The van der Waals surface area contributed by atoms with Gasteiger partial charge in [-0.25, -0.2) is 0 Å². The van der Waals surface area contributed by atoms with Crippen LogP contribution in [-0.2, 0) is 13.1 Å². The Kier molecular flexibility index (Phi) is 7.63. The van der Waals surface area contributed by atoms with E-state index in [4.69, 9.17) is 10.5 Å². The third kappa shape index (κ3) is 5.14. The minimum Gasteiger partial charge on any atom is -0.496 e. The highest BCUT2D eigenvalue weighted by Crippen LogP contribution is 2.21. The Morgan fingerprint density at radius 2 is 2.00 bits per heavy atom. The van der Waals surface area contributed by atoms with Crippen molar-refractivity contribution in [2.24, 2.45) is 5.73 Å². The molecule has 0 heterocycles. The van der Waals surface area contributed by atoms with Gasteiger partial charge in [0, 0.05) is 24.7 Å². The molecule has 0 bridgehead atoms. The molecule has 0 aromatic heterocycles. The van der Waals surface area contributed by atoms with E-state index in [1.165, 1.54) is 24.8 Å². The first-order chi connectivity index (χ1) is 9.62. The van der Waals surface area contributed by atoms with Crippen LogP contribution in [0.25, 0.3) is 0 Å². The summed E-state index contributed by atoms with van der Waals surface area (Å²) in [4.78, 5) is 2.52. The van der Waals surface area contributed by atoms with Crippen molar-refractivity contribution in [3.63, 3.8) is 0 Å². The fourth-order valence-electron chi connectivity index (χ4n) is 2.38. The third-order valence-electron chi connectivity index (χ3n) is 3.74. The summed E-state index contributed by atoms with van der Waals surface area (Å²) < 4.78 is 5.42. The molecule has 0 spiro atoms. The standard InChI is InChI=1S/C17H30N2O/c1-5-6-7-10-19(14(2)3)13-15-8-9-16(12-18)17(11-15)20-4/h8-9,11,14H,5-7,10,12-13,18H2,1-4H3. The predicted octanol–water partition coefficient (Wildman–Crippen LogP) is 3.55. The largest absolute Gasteiger partial charge is 0.496 e. The summed E-state index contributed by atoms with van der Waals surface area (Å²) in [5.74, 6) is 0.905. The molecule has 0 aliphatic heterocycles. The Hall–Kier alpha value is -1.06. The zero-order valence-electron chi connectivity index (χ0n) is 13.5. The van der Waals surface area contributed by atoms with Crippen LogP contribution in [-0.4, -0.2) is 24.6 Å². The predicted molar refractivity (Wildman–Crippen MR) is 86.0 cm³/mol. The van der Waals surface area contributed by atoms with Crippen molar-refractivity contribution < 1.29 is 4.74 Å². The number of unbranched alkanes of at least 4 members (excludes halogenated alkanes) is 2. The molecule has 0 aliphatic carbocycles. The Balaban J connectivity index is 2.72. The van der Waals surface area contributed by atoms with Crippen molar-refractivity contribution in [3.8, 4) is 5.75 Å². The van der Waals surface area contributed by atoms with Gasteiger partial charge in [0.2, 0.25) is 0 Å². The van der Waals surface area contributed by atoms with Gasteiger partial charge < -0.3 is 10.5 Å². The fourth-order valence-corrected chi connectivity index (χ4v) is 2.38. The fraction of sp³-hybridized carbons (Fsp3) is 0.647. The van der Waals surface area contributed by atoms with E-state index in [1.54, 1.807) is 7.11 Å². The molecule has 114 valence electrons. The van der Waals surface area contributed by atoms with Crippen LogP contribution >= 0.6 is 0 Å². The summed E-state index contributed by atoms with van der Waals surface area (Å²) in [6, 6.07) is 6.93. The lowest BCUT2D eigenvalue weighted by Crippen LogP contribution is -2.31. The number of benzene rings is 1. The molecule has 3 heteroatoms. The molecule has 0 atom stereocenters. The van der Waals surface area contributed by atoms with Crippen LogP contribution in [0.5, 0.6) is 5.75 Å². The van der Waals surface area contributed by atoms with E-state index < -0.39 is 0 Å². The number of rotatable bonds is 9. The number of ether oxygens (including phenoxy) is 1. The molecular weight excluding hydrogens is 248 g/mol. The second-order valence-corrected chi connectivity index (χ2v) is 5.62. The van der Waals surface area contributed by atoms with E-state index in [0.717, 1.165) is 24.4 Å². The van der Waals surface area contributed by atoms with E-state index >= 15 is 0 Å². The number of nitrogens with zero attached hydrogens (tertiary/aromatic N) is 1. The van der Waals surface area contributed by atoms with Crippen molar-refractivity contribution in [2.75, 3.05) is 13.7 Å². The normalized spacial score (nSPS) is 11.3. The summed E-state index contributed by atoms with van der Waals surface area (Å²) in [5, 5.41) is 0. The summed E-state index contributed by atoms with van der Waals surface area (Å²) in [6.07, 6.45) is 3.84. The average molecular weight is 278 g/mol. The molecule has 0 saturated carbocycles. The molecule has 0 radical (unpaired) electrons. The van der Waals surface area contributed by atoms with E-state index in [9.17, 15) is 0 Å². The highest BCUT2D eigenvalue weighted by Gasteiger charge is 2.11. The van der Waals surface area contributed by atoms with Gasteiger partial charge in [0.15, 0.2) is 0 Å². The van der Waals surface area contributed by atoms with Crippen LogP contribution in [0, 0.1) is 0 Å². The number of hydrogen-bond acceptors (Lipinski definition) is 3. The Morgan fingerprint density at radius 3 is 2.55 bits per heavy atom. The number of nitrogens with two attached hydrogens (primary N) is 1. The van der Waals surface area contributed by atoms with E-state index in [1.807, 2.05) is 0 Å². The highest BCUT2D eigenvalue weighted by molar-refractivity contribution is 5.37. The maximum absolute atomic E-state index is 5.72. The van der Waals surface area contributed by atoms with Gasteiger partial charge in [-0.2, -0.15) is 0 Å². The Morgan fingerprint density at radius 1 is 1.25 bits per heavy atom. The van der Waals surface area contributed by atoms with E-state index in [2.05, 4.69) is 43.9 Å². The van der Waals surface area contributed by atoms with Gasteiger partial charge in [0.25, 0.3) is 0 Å². The zero-order chi connectivity index (χ0) is 15.0. The topological polar surface area (TPSA) is 38.5 Å². The van der Waals surface area contributed by atoms with Crippen LogP contribution in [0.3, 0.4) is 0 Å². The Bertz CT molecular complexity index is 391. The Labute approximate surface area is 124 Å². The zero-order valence-corrected chi connectivity index (χ0v) is 13.5. The van der Waals surface area contributed by atoms with Crippen molar-refractivity contribution in [3.05, 3.63) is 29.3 Å². The maximum Gasteiger partial charge on any atom is 0.123 e. The van der Waals surface area contributed by atoms with Gasteiger partial charge in [-0.15, -0.1) is 0 Å². The number of methoxy groups -OCH3 is 1. The molecule has 1 aromatic carbocycles. The summed E-state index contributed by atoms with van der Waals surface area (Å²) in [6.45, 7) is 9.42. The molecule has 1 aromatic rings. The second kappa shape index (κ2) is 8.98. The van der Waals surface area contributed by atoms with Crippen molar-refractivity contribution in [1.82, 2.24) is 4.90 Å². The summed E-state index contributed by atoms with van der Waals surface area (Å²) in [7, 11) is 1.71. The SMILES string of the molecule is CCCCCN(Cc1ccc(CN)c(OC)c1)C(C)C. The quantitative estimate of drug-likeness (QED) is 0.702. The molecule has 0 saturated heterocycles. The van der Waals surface area contributed by atoms with Gasteiger partial charge in [-0.1, -0.05) is 31.9 Å². The van der Waals surface area contributed by atoms with Gasteiger partial charge in [0.05, 0.1) is 7.11 Å². The molecule has 0 unspecified atom stereocenters. The molecule has 2 N–H and O–H groups in total. The second-order valence-electron chi connectivity index (χ2n) is 5.62. The molecular formula is C17H30N2O. The lowest BCUT2D eigenvalue weighted by Gasteiger charge is -2.27. The minimum absolute atomic E-state index is 0.522.